The molecule has 1 aromatic rings. The normalized spacial score (nSPS) is 10.8. The molecule has 0 heterocycles. The molecule has 0 saturated heterocycles. The molecule has 0 aliphatic heterocycles. The first-order chi connectivity index (χ1) is 8.99. The SMILES string of the molecule is CC(C)CCNC(=O)CNCc1ccc(F)cc1F. The zero-order valence-electron chi connectivity index (χ0n) is 11.3. The predicted octanol–water partition coefficient (Wildman–Crippen LogP) is 2.22. The molecule has 2 N–H and O–H groups in total. The third kappa shape index (κ3) is 6.29. The van der Waals surface area contributed by atoms with E-state index in [9.17, 15) is 13.6 Å². The molecule has 3 nitrogen and oxygen atoms in total. The summed E-state index contributed by atoms with van der Waals surface area (Å²) in [5.41, 5.74) is 0.344. The topological polar surface area (TPSA) is 41.1 Å². The average Bonchev–Trinajstić information content (AvgIpc) is 2.31. The van der Waals surface area contributed by atoms with Gasteiger partial charge in [-0.3, -0.25) is 4.79 Å². The number of carbonyl (C=O) groups excluding carboxylic acids is 1. The summed E-state index contributed by atoms with van der Waals surface area (Å²) < 4.78 is 26.0. The van der Waals surface area contributed by atoms with Crippen molar-refractivity contribution in [3.05, 3.63) is 35.4 Å². The van der Waals surface area contributed by atoms with Crippen LogP contribution >= 0.6 is 0 Å². The van der Waals surface area contributed by atoms with Gasteiger partial charge in [-0.25, -0.2) is 8.78 Å². The Bertz CT molecular complexity index is 422. The zero-order valence-corrected chi connectivity index (χ0v) is 11.3. The van der Waals surface area contributed by atoms with Crippen molar-refractivity contribution in [3.8, 4) is 0 Å². The van der Waals surface area contributed by atoms with Crippen molar-refractivity contribution in [2.45, 2.75) is 26.8 Å². The highest BCUT2D eigenvalue weighted by atomic mass is 19.1. The number of halogens is 2. The van der Waals surface area contributed by atoms with Crippen molar-refractivity contribution in [1.82, 2.24) is 10.6 Å². The van der Waals surface area contributed by atoms with Gasteiger partial charge in [0.1, 0.15) is 11.6 Å². The summed E-state index contributed by atoms with van der Waals surface area (Å²) >= 11 is 0. The van der Waals surface area contributed by atoms with Gasteiger partial charge >= 0.3 is 0 Å². The second-order valence-electron chi connectivity index (χ2n) is 4.87. The maximum atomic E-state index is 13.3. The van der Waals surface area contributed by atoms with E-state index in [1.54, 1.807) is 0 Å². The average molecular weight is 270 g/mol. The highest BCUT2D eigenvalue weighted by molar-refractivity contribution is 5.77. The highest BCUT2D eigenvalue weighted by Gasteiger charge is 2.05. The molecule has 19 heavy (non-hydrogen) atoms. The molecule has 0 radical (unpaired) electrons. The van der Waals surface area contributed by atoms with Crippen molar-refractivity contribution in [2.24, 2.45) is 5.92 Å². The molecular weight excluding hydrogens is 250 g/mol. The smallest absolute Gasteiger partial charge is 0.233 e. The molecule has 1 rings (SSSR count). The number of hydrogen-bond acceptors (Lipinski definition) is 2. The number of benzene rings is 1. The van der Waals surface area contributed by atoms with Crippen LogP contribution in [0.4, 0.5) is 8.78 Å². The lowest BCUT2D eigenvalue weighted by Crippen LogP contribution is -2.34. The van der Waals surface area contributed by atoms with Crippen LogP contribution in [0.1, 0.15) is 25.8 Å². The van der Waals surface area contributed by atoms with Gasteiger partial charge in [0.2, 0.25) is 5.91 Å². The van der Waals surface area contributed by atoms with E-state index in [1.807, 2.05) is 0 Å². The van der Waals surface area contributed by atoms with Gasteiger partial charge in [-0.05, 0) is 18.4 Å². The minimum absolute atomic E-state index is 0.120. The van der Waals surface area contributed by atoms with Crippen molar-refractivity contribution in [1.29, 1.82) is 0 Å². The van der Waals surface area contributed by atoms with Crippen LogP contribution in [0.5, 0.6) is 0 Å². The van der Waals surface area contributed by atoms with Gasteiger partial charge in [-0.15, -0.1) is 0 Å². The number of amides is 1. The van der Waals surface area contributed by atoms with Gasteiger partial charge in [0.25, 0.3) is 0 Å². The first-order valence-electron chi connectivity index (χ1n) is 6.40. The summed E-state index contributed by atoms with van der Waals surface area (Å²) in [6, 6.07) is 3.40. The lowest BCUT2D eigenvalue weighted by atomic mass is 10.1. The summed E-state index contributed by atoms with van der Waals surface area (Å²) in [5.74, 6) is -0.787. The van der Waals surface area contributed by atoms with Crippen LogP contribution in [0.2, 0.25) is 0 Å². The number of carbonyl (C=O) groups is 1. The molecule has 5 heteroatoms. The van der Waals surface area contributed by atoms with E-state index < -0.39 is 11.6 Å². The van der Waals surface area contributed by atoms with Gasteiger partial charge in [0, 0.05) is 24.7 Å². The van der Waals surface area contributed by atoms with Crippen LogP contribution in [-0.4, -0.2) is 19.0 Å². The molecule has 0 spiro atoms. The van der Waals surface area contributed by atoms with E-state index in [2.05, 4.69) is 24.5 Å². The molecule has 0 aromatic heterocycles. The van der Waals surface area contributed by atoms with E-state index >= 15 is 0 Å². The Morgan fingerprint density at radius 1 is 1.32 bits per heavy atom. The summed E-state index contributed by atoms with van der Waals surface area (Å²) in [7, 11) is 0. The Morgan fingerprint density at radius 2 is 2.05 bits per heavy atom. The van der Waals surface area contributed by atoms with Crippen molar-refractivity contribution < 1.29 is 13.6 Å². The standard InChI is InChI=1S/C14H20F2N2O/c1-10(2)5-6-18-14(19)9-17-8-11-3-4-12(15)7-13(11)16/h3-4,7,10,17H,5-6,8-9H2,1-2H3,(H,18,19). The number of nitrogens with one attached hydrogen (secondary N) is 2. The Kier molecular flexibility index (Phi) is 6.42. The molecule has 0 atom stereocenters. The molecule has 1 amide bonds. The zero-order chi connectivity index (χ0) is 14.3. The third-order valence-corrected chi connectivity index (χ3v) is 2.66. The highest BCUT2D eigenvalue weighted by Crippen LogP contribution is 2.08. The Labute approximate surface area is 112 Å². The van der Waals surface area contributed by atoms with Crippen LogP contribution in [-0.2, 0) is 11.3 Å². The lowest BCUT2D eigenvalue weighted by Gasteiger charge is -2.08. The third-order valence-electron chi connectivity index (χ3n) is 2.66. The molecule has 0 saturated carbocycles. The Morgan fingerprint density at radius 3 is 2.68 bits per heavy atom. The maximum Gasteiger partial charge on any atom is 0.233 e. The first kappa shape index (κ1) is 15.6. The second kappa shape index (κ2) is 7.84. The largest absolute Gasteiger partial charge is 0.355 e. The summed E-state index contributed by atoms with van der Waals surface area (Å²) in [4.78, 5) is 11.4. The summed E-state index contributed by atoms with van der Waals surface area (Å²) in [6.45, 7) is 5.13. The van der Waals surface area contributed by atoms with Gasteiger partial charge < -0.3 is 10.6 Å². The monoisotopic (exact) mass is 270 g/mol. The summed E-state index contributed by atoms with van der Waals surface area (Å²) in [5, 5.41) is 5.59. The fourth-order valence-electron chi connectivity index (χ4n) is 1.54. The maximum absolute atomic E-state index is 13.3. The van der Waals surface area contributed by atoms with E-state index in [1.165, 1.54) is 12.1 Å². The molecule has 0 aliphatic rings. The predicted molar refractivity (Wildman–Crippen MR) is 70.5 cm³/mol. The Balaban J connectivity index is 2.24. The molecule has 0 fully saturated rings. The fourth-order valence-corrected chi connectivity index (χ4v) is 1.54. The fraction of sp³-hybridized carbons (Fsp3) is 0.500. The lowest BCUT2D eigenvalue weighted by molar-refractivity contribution is -0.120. The quantitative estimate of drug-likeness (QED) is 0.797. The van der Waals surface area contributed by atoms with Crippen LogP contribution < -0.4 is 10.6 Å². The van der Waals surface area contributed by atoms with Gasteiger partial charge in [-0.1, -0.05) is 19.9 Å². The van der Waals surface area contributed by atoms with E-state index in [-0.39, 0.29) is 19.0 Å². The molecule has 0 bridgehead atoms. The molecular formula is C14H20F2N2O. The first-order valence-corrected chi connectivity index (χ1v) is 6.40. The van der Waals surface area contributed by atoms with Gasteiger partial charge in [-0.2, -0.15) is 0 Å². The number of rotatable bonds is 7. The van der Waals surface area contributed by atoms with Gasteiger partial charge in [0.05, 0.1) is 6.54 Å². The van der Waals surface area contributed by atoms with Crippen molar-refractivity contribution in [3.63, 3.8) is 0 Å². The van der Waals surface area contributed by atoms with Crippen molar-refractivity contribution in [2.75, 3.05) is 13.1 Å². The Hall–Kier alpha value is -1.49. The van der Waals surface area contributed by atoms with E-state index in [0.29, 0.717) is 18.0 Å². The van der Waals surface area contributed by atoms with Crippen LogP contribution in [0.25, 0.3) is 0 Å². The van der Waals surface area contributed by atoms with Crippen LogP contribution in [0.3, 0.4) is 0 Å². The molecule has 1 aromatic carbocycles. The van der Waals surface area contributed by atoms with E-state index in [0.717, 1.165) is 12.5 Å². The van der Waals surface area contributed by atoms with E-state index in [4.69, 9.17) is 0 Å². The van der Waals surface area contributed by atoms with Crippen LogP contribution in [0, 0.1) is 17.6 Å². The van der Waals surface area contributed by atoms with Crippen LogP contribution in [0.15, 0.2) is 18.2 Å². The minimum Gasteiger partial charge on any atom is -0.355 e. The molecule has 0 aliphatic carbocycles. The van der Waals surface area contributed by atoms with Gasteiger partial charge in [0.15, 0.2) is 0 Å². The minimum atomic E-state index is -0.604. The molecule has 0 unspecified atom stereocenters. The van der Waals surface area contributed by atoms with Crippen molar-refractivity contribution >= 4 is 5.91 Å². The molecule has 106 valence electrons. The summed E-state index contributed by atoms with van der Waals surface area (Å²) in [6.07, 6.45) is 0.929. The number of hydrogen-bond donors (Lipinski definition) is 2. The second-order valence-corrected chi connectivity index (χ2v) is 4.87.